The standard InChI is InChI=1S/C11H12BrNO3/c1-3-16-11(15)10(14)13-9-5-4-8(12)6-7(9)2/h4-6H,3H2,1-2H3,(H,13,14). The third-order valence-electron chi connectivity index (χ3n) is 1.90. The van der Waals surface area contributed by atoms with E-state index in [1.165, 1.54) is 0 Å². The van der Waals surface area contributed by atoms with Crippen molar-refractivity contribution in [2.24, 2.45) is 0 Å². The maximum Gasteiger partial charge on any atom is 0.397 e. The summed E-state index contributed by atoms with van der Waals surface area (Å²) in [6.07, 6.45) is 0. The number of amides is 1. The lowest BCUT2D eigenvalue weighted by molar-refractivity contribution is -0.152. The van der Waals surface area contributed by atoms with E-state index in [2.05, 4.69) is 26.0 Å². The molecular formula is C11H12BrNO3. The molecule has 0 fully saturated rings. The molecule has 0 saturated carbocycles. The Morgan fingerprint density at radius 2 is 2.12 bits per heavy atom. The number of rotatable bonds is 2. The molecule has 0 radical (unpaired) electrons. The first-order valence-corrected chi connectivity index (χ1v) is 5.58. The zero-order valence-corrected chi connectivity index (χ0v) is 10.6. The summed E-state index contributed by atoms with van der Waals surface area (Å²) in [6.45, 7) is 3.67. The topological polar surface area (TPSA) is 55.4 Å². The molecule has 0 unspecified atom stereocenters. The Labute approximate surface area is 102 Å². The summed E-state index contributed by atoms with van der Waals surface area (Å²) in [7, 11) is 0. The van der Waals surface area contributed by atoms with Gasteiger partial charge in [0.05, 0.1) is 6.61 Å². The van der Waals surface area contributed by atoms with Crippen LogP contribution >= 0.6 is 15.9 Å². The van der Waals surface area contributed by atoms with Gasteiger partial charge in [-0.1, -0.05) is 15.9 Å². The molecule has 5 heteroatoms. The smallest absolute Gasteiger partial charge is 0.397 e. The molecule has 0 bridgehead atoms. The molecule has 1 rings (SSSR count). The van der Waals surface area contributed by atoms with Crippen molar-refractivity contribution in [3.63, 3.8) is 0 Å². The zero-order chi connectivity index (χ0) is 12.1. The molecule has 1 aromatic rings. The molecule has 0 aliphatic rings. The first kappa shape index (κ1) is 12.7. The van der Waals surface area contributed by atoms with Gasteiger partial charge in [0.2, 0.25) is 0 Å². The molecule has 1 aromatic carbocycles. The van der Waals surface area contributed by atoms with E-state index in [4.69, 9.17) is 0 Å². The molecule has 0 spiro atoms. The molecule has 4 nitrogen and oxygen atoms in total. The van der Waals surface area contributed by atoms with Gasteiger partial charge >= 0.3 is 11.9 Å². The molecule has 0 saturated heterocycles. The van der Waals surface area contributed by atoms with Gasteiger partial charge < -0.3 is 10.1 Å². The van der Waals surface area contributed by atoms with Crippen molar-refractivity contribution in [1.29, 1.82) is 0 Å². The van der Waals surface area contributed by atoms with E-state index >= 15 is 0 Å². The van der Waals surface area contributed by atoms with Gasteiger partial charge in [-0.3, -0.25) is 4.79 Å². The van der Waals surface area contributed by atoms with Gasteiger partial charge in [0, 0.05) is 10.2 Å². The first-order valence-electron chi connectivity index (χ1n) is 4.79. The highest BCUT2D eigenvalue weighted by Gasteiger charge is 2.15. The highest BCUT2D eigenvalue weighted by molar-refractivity contribution is 9.10. The lowest BCUT2D eigenvalue weighted by Gasteiger charge is -2.07. The minimum Gasteiger partial charge on any atom is -0.459 e. The summed E-state index contributed by atoms with van der Waals surface area (Å²) in [5.41, 5.74) is 1.47. The number of hydrogen-bond acceptors (Lipinski definition) is 3. The van der Waals surface area contributed by atoms with Crippen LogP contribution in [0, 0.1) is 6.92 Å². The number of anilines is 1. The predicted molar refractivity (Wildman–Crippen MR) is 64.1 cm³/mol. The summed E-state index contributed by atoms with van der Waals surface area (Å²) in [5, 5.41) is 2.49. The van der Waals surface area contributed by atoms with E-state index in [0.29, 0.717) is 5.69 Å². The van der Waals surface area contributed by atoms with Crippen molar-refractivity contribution in [2.75, 3.05) is 11.9 Å². The molecule has 0 aromatic heterocycles. The highest BCUT2D eigenvalue weighted by Crippen LogP contribution is 2.19. The lowest BCUT2D eigenvalue weighted by atomic mass is 10.2. The Kier molecular flexibility index (Phi) is 4.49. The summed E-state index contributed by atoms with van der Waals surface area (Å²) in [6, 6.07) is 5.35. The van der Waals surface area contributed by atoms with Crippen molar-refractivity contribution in [3.8, 4) is 0 Å². The van der Waals surface area contributed by atoms with Gasteiger partial charge in [-0.25, -0.2) is 4.79 Å². The summed E-state index contributed by atoms with van der Waals surface area (Å²) >= 11 is 3.31. The maximum atomic E-state index is 11.3. The first-order chi connectivity index (χ1) is 7.54. The lowest BCUT2D eigenvalue weighted by Crippen LogP contribution is -2.25. The molecule has 1 amide bonds. The Hall–Kier alpha value is -1.36. The van der Waals surface area contributed by atoms with Crippen molar-refractivity contribution in [3.05, 3.63) is 28.2 Å². The molecule has 86 valence electrons. The maximum absolute atomic E-state index is 11.3. The summed E-state index contributed by atoms with van der Waals surface area (Å²) in [5.74, 6) is -1.63. The normalized spacial score (nSPS) is 9.69. The van der Waals surface area contributed by atoms with Crippen LogP contribution in [0.4, 0.5) is 5.69 Å². The molecule has 0 atom stereocenters. The Bertz CT molecular complexity index is 418. The average molecular weight is 286 g/mol. The fourth-order valence-corrected chi connectivity index (χ4v) is 1.61. The quantitative estimate of drug-likeness (QED) is 0.670. The summed E-state index contributed by atoms with van der Waals surface area (Å²) < 4.78 is 5.50. The van der Waals surface area contributed by atoms with Crippen molar-refractivity contribution >= 4 is 33.5 Å². The Morgan fingerprint density at radius 3 is 2.69 bits per heavy atom. The van der Waals surface area contributed by atoms with Crippen LogP contribution in [0.2, 0.25) is 0 Å². The Morgan fingerprint density at radius 1 is 1.44 bits per heavy atom. The highest BCUT2D eigenvalue weighted by atomic mass is 79.9. The number of ether oxygens (including phenoxy) is 1. The van der Waals surface area contributed by atoms with Gasteiger partial charge in [0.15, 0.2) is 0 Å². The van der Waals surface area contributed by atoms with E-state index in [-0.39, 0.29) is 6.61 Å². The fourth-order valence-electron chi connectivity index (χ4n) is 1.14. The van der Waals surface area contributed by atoms with E-state index in [9.17, 15) is 9.59 Å². The van der Waals surface area contributed by atoms with Crippen molar-refractivity contribution in [1.82, 2.24) is 0 Å². The van der Waals surface area contributed by atoms with E-state index in [1.807, 2.05) is 13.0 Å². The fraction of sp³-hybridized carbons (Fsp3) is 0.273. The van der Waals surface area contributed by atoms with Crippen LogP contribution in [0.5, 0.6) is 0 Å². The van der Waals surface area contributed by atoms with Crippen LogP contribution in [0.3, 0.4) is 0 Å². The minimum atomic E-state index is -0.871. The number of carbonyl (C=O) groups excluding carboxylic acids is 2. The van der Waals surface area contributed by atoms with Gasteiger partial charge in [-0.2, -0.15) is 0 Å². The third kappa shape index (κ3) is 3.34. The summed E-state index contributed by atoms with van der Waals surface area (Å²) in [4.78, 5) is 22.4. The zero-order valence-electron chi connectivity index (χ0n) is 9.04. The number of aryl methyl sites for hydroxylation is 1. The van der Waals surface area contributed by atoms with Crippen LogP contribution in [0.1, 0.15) is 12.5 Å². The number of carbonyl (C=O) groups is 2. The molecule has 0 aliphatic heterocycles. The number of halogens is 1. The van der Waals surface area contributed by atoms with E-state index in [0.717, 1.165) is 10.0 Å². The second-order valence-electron chi connectivity index (χ2n) is 3.13. The van der Waals surface area contributed by atoms with Crippen molar-refractivity contribution in [2.45, 2.75) is 13.8 Å². The van der Waals surface area contributed by atoms with Gasteiger partial charge in [0.25, 0.3) is 0 Å². The van der Waals surface area contributed by atoms with Crippen LogP contribution in [-0.4, -0.2) is 18.5 Å². The molecule has 16 heavy (non-hydrogen) atoms. The number of nitrogens with one attached hydrogen (secondary N) is 1. The average Bonchev–Trinajstić information content (AvgIpc) is 2.22. The van der Waals surface area contributed by atoms with Gasteiger partial charge in [-0.05, 0) is 37.6 Å². The van der Waals surface area contributed by atoms with Gasteiger partial charge in [0.1, 0.15) is 0 Å². The SMILES string of the molecule is CCOC(=O)C(=O)Nc1ccc(Br)cc1C. The van der Waals surface area contributed by atoms with Crippen LogP contribution < -0.4 is 5.32 Å². The van der Waals surface area contributed by atoms with E-state index < -0.39 is 11.9 Å². The van der Waals surface area contributed by atoms with Crippen LogP contribution in [0.25, 0.3) is 0 Å². The molecule has 0 heterocycles. The molecule has 1 N–H and O–H groups in total. The second kappa shape index (κ2) is 5.65. The largest absolute Gasteiger partial charge is 0.459 e. The monoisotopic (exact) mass is 285 g/mol. The third-order valence-corrected chi connectivity index (χ3v) is 2.39. The number of benzene rings is 1. The molecular weight excluding hydrogens is 274 g/mol. The number of esters is 1. The van der Waals surface area contributed by atoms with Gasteiger partial charge in [-0.15, -0.1) is 0 Å². The predicted octanol–water partition coefficient (Wildman–Crippen LogP) is 2.26. The van der Waals surface area contributed by atoms with Crippen LogP contribution in [-0.2, 0) is 14.3 Å². The second-order valence-corrected chi connectivity index (χ2v) is 4.05. The minimum absolute atomic E-state index is 0.186. The van der Waals surface area contributed by atoms with Crippen LogP contribution in [0.15, 0.2) is 22.7 Å². The molecule has 0 aliphatic carbocycles. The number of hydrogen-bond donors (Lipinski definition) is 1. The van der Waals surface area contributed by atoms with Crippen molar-refractivity contribution < 1.29 is 14.3 Å². The van der Waals surface area contributed by atoms with E-state index in [1.54, 1.807) is 19.1 Å². The Balaban J connectivity index is 2.73.